The second kappa shape index (κ2) is 7.30. The van der Waals surface area contributed by atoms with Crippen LogP contribution in [0.4, 0.5) is 8.78 Å². The number of amides is 1. The van der Waals surface area contributed by atoms with Crippen LogP contribution in [0.3, 0.4) is 0 Å². The Balaban J connectivity index is 2.35. The van der Waals surface area contributed by atoms with Crippen LogP contribution < -0.4 is 0 Å². The summed E-state index contributed by atoms with van der Waals surface area (Å²) in [6.45, 7) is 1.23. The summed E-state index contributed by atoms with van der Waals surface area (Å²) in [5, 5.41) is 22.0. The third kappa shape index (κ3) is 3.72. The molecule has 2 N–H and O–H groups in total. The molecule has 1 amide bonds. The van der Waals surface area contributed by atoms with Crippen molar-refractivity contribution in [2.24, 2.45) is 0 Å². The van der Waals surface area contributed by atoms with E-state index >= 15 is 0 Å². The molecular formula is C15H17F2N3O3. The summed E-state index contributed by atoms with van der Waals surface area (Å²) in [5.74, 6) is -1.99. The highest BCUT2D eigenvalue weighted by Crippen LogP contribution is 2.17. The van der Waals surface area contributed by atoms with Crippen LogP contribution in [-0.4, -0.2) is 57.1 Å². The fraction of sp³-hybridized carbons (Fsp3) is 0.333. The summed E-state index contributed by atoms with van der Waals surface area (Å²) < 4.78 is 28.1. The average Bonchev–Trinajstić information content (AvgIpc) is 2.88. The van der Waals surface area contributed by atoms with Crippen LogP contribution in [0.15, 0.2) is 24.3 Å². The number of hydrogen-bond acceptors (Lipinski definition) is 4. The Bertz CT molecular complexity index is 697. The van der Waals surface area contributed by atoms with Crippen molar-refractivity contribution in [3.8, 4) is 5.69 Å². The number of hydrogen-bond donors (Lipinski definition) is 2. The number of aliphatic hydroxyl groups excluding tert-OH is 2. The van der Waals surface area contributed by atoms with E-state index in [-0.39, 0.29) is 37.7 Å². The van der Waals surface area contributed by atoms with Crippen molar-refractivity contribution in [1.82, 2.24) is 14.7 Å². The molecule has 0 unspecified atom stereocenters. The fourth-order valence-electron chi connectivity index (χ4n) is 2.19. The number of benzene rings is 1. The van der Waals surface area contributed by atoms with Crippen molar-refractivity contribution >= 4 is 5.91 Å². The zero-order valence-electron chi connectivity index (χ0n) is 12.5. The zero-order valence-corrected chi connectivity index (χ0v) is 12.5. The van der Waals surface area contributed by atoms with Gasteiger partial charge in [-0.2, -0.15) is 5.10 Å². The predicted molar refractivity (Wildman–Crippen MR) is 78.3 cm³/mol. The zero-order chi connectivity index (χ0) is 17.0. The van der Waals surface area contributed by atoms with Gasteiger partial charge in [0.25, 0.3) is 5.91 Å². The van der Waals surface area contributed by atoms with Gasteiger partial charge in [0.1, 0.15) is 11.5 Å². The minimum atomic E-state index is -0.794. The van der Waals surface area contributed by atoms with E-state index in [1.165, 1.54) is 21.7 Å². The second-order valence-corrected chi connectivity index (χ2v) is 4.92. The number of aliphatic hydroxyl groups is 2. The van der Waals surface area contributed by atoms with E-state index in [1.807, 2.05) is 0 Å². The maximum Gasteiger partial charge on any atom is 0.274 e. The first-order valence-corrected chi connectivity index (χ1v) is 7.01. The van der Waals surface area contributed by atoms with Gasteiger partial charge in [0.05, 0.1) is 13.2 Å². The van der Waals surface area contributed by atoms with Crippen molar-refractivity contribution < 1.29 is 23.8 Å². The van der Waals surface area contributed by atoms with Gasteiger partial charge in [-0.15, -0.1) is 0 Å². The molecule has 1 heterocycles. The number of aromatic nitrogens is 2. The molecule has 2 aromatic rings. The summed E-state index contributed by atoms with van der Waals surface area (Å²) in [6.07, 6.45) is 0. The molecule has 0 fully saturated rings. The van der Waals surface area contributed by atoms with Gasteiger partial charge in [0.15, 0.2) is 11.5 Å². The van der Waals surface area contributed by atoms with Crippen LogP contribution in [-0.2, 0) is 0 Å². The Hall–Kier alpha value is -2.32. The maximum absolute atomic E-state index is 13.9. The summed E-state index contributed by atoms with van der Waals surface area (Å²) in [6, 6.07) is 4.54. The van der Waals surface area contributed by atoms with Gasteiger partial charge in [-0.1, -0.05) is 0 Å². The monoisotopic (exact) mass is 325 g/mol. The molecule has 2 rings (SSSR count). The maximum atomic E-state index is 13.9. The normalized spacial score (nSPS) is 10.8. The Morgan fingerprint density at radius 2 is 1.87 bits per heavy atom. The van der Waals surface area contributed by atoms with Crippen LogP contribution in [0.1, 0.15) is 16.2 Å². The summed E-state index contributed by atoms with van der Waals surface area (Å²) in [4.78, 5) is 13.6. The number of rotatable bonds is 6. The van der Waals surface area contributed by atoms with Gasteiger partial charge in [0.2, 0.25) is 0 Å². The lowest BCUT2D eigenvalue weighted by atomic mass is 10.3. The number of aryl methyl sites for hydroxylation is 1. The van der Waals surface area contributed by atoms with Crippen molar-refractivity contribution in [2.45, 2.75) is 6.92 Å². The molecule has 1 aromatic carbocycles. The van der Waals surface area contributed by atoms with Crippen LogP contribution in [0.2, 0.25) is 0 Å². The Morgan fingerprint density at radius 1 is 1.22 bits per heavy atom. The van der Waals surface area contributed by atoms with Gasteiger partial charge in [-0.05, 0) is 25.1 Å². The lowest BCUT2D eigenvalue weighted by molar-refractivity contribution is 0.0678. The minimum absolute atomic E-state index is 0.0267. The largest absolute Gasteiger partial charge is 0.395 e. The van der Waals surface area contributed by atoms with Gasteiger partial charge in [0, 0.05) is 24.8 Å². The molecule has 6 nitrogen and oxygen atoms in total. The number of halogens is 2. The molecule has 0 radical (unpaired) electrons. The SMILES string of the molecule is Cc1cc(C(=O)N(CCO)CCO)nn1-c1ccc(F)cc1F. The molecule has 1 aromatic heterocycles. The molecule has 0 saturated carbocycles. The van der Waals surface area contributed by atoms with Gasteiger partial charge >= 0.3 is 0 Å². The first-order valence-electron chi connectivity index (χ1n) is 7.01. The van der Waals surface area contributed by atoms with Gasteiger partial charge in [-0.25, -0.2) is 13.5 Å². The summed E-state index contributed by atoms with van der Waals surface area (Å²) in [7, 11) is 0. The van der Waals surface area contributed by atoms with Crippen molar-refractivity contribution in [3.05, 3.63) is 47.3 Å². The van der Waals surface area contributed by atoms with E-state index in [9.17, 15) is 13.6 Å². The lowest BCUT2D eigenvalue weighted by Gasteiger charge is -2.19. The predicted octanol–water partition coefficient (Wildman–Crippen LogP) is 0.886. The molecular weight excluding hydrogens is 308 g/mol. The third-order valence-electron chi connectivity index (χ3n) is 3.27. The van der Waals surface area contributed by atoms with Crippen molar-refractivity contribution in [1.29, 1.82) is 0 Å². The van der Waals surface area contributed by atoms with E-state index in [2.05, 4.69) is 5.10 Å². The highest BCUT2D eigenvalue weighted by atomic mass is 19.1. The van der Waals surface area contributed by atoms with E-state index in [0.29, 0.717) is 5.69 Å². The molecule has 23 heavy (non-hydrogen) atoms. The van der Waals surface area contributed by atoms with E-state index in [1.54, 1.807) is 6.92 Å². The molecule has 0 atom stereocenters. The molecule has 8 heteroatoms. The Morgan fingerprint density at radius 3 is 2.43 bits per heavy atom. The summed E-state index contributed by atoms with van der Waals surface area (Å²) in [5.41, 5.74) is 0.568. The number of carbonyl (C=O) groups is 1. The van der Waals surface area contributed by atoms with Crippen LogP contribution in [0.25, 0.3) is 5.69 Å². The first kappa shape index (κ1) is 17.0. The first-order chi connectivity index (χ1) is 11.0. The highest BCUT2D eigenvalue weighted by Gasteiger charge is 2.20. The topological polar surface area (TPSA) is 78.6 Å². The smallest absolute Gasteiger partial charge is 0.274 e. The molecule has 0 bridgehead atoms. The third-order valence-corrected chi connectivity index (χ3v) is 3.27. The van der Waals surface area contributed by atoms with E-state index in [0.717, 1.165) is 12.1 Å². The highest BCUT2D eigenvalue weighted by molar-refractivity contribution is 5.92. The molecule has 0 spiro atoms. The second-order valence-electron chi connectivity index (χ2n) is 4.92. The fourth-order valence-corrected chi connectivity index (χ4v) is 2.19. The van der Waals surface area contributed by atoms with Crippen LogP contribution in [0.5, 0.6) is 0 Å². The van der Waals surface area contributed by atoms with Crippen LogP contribution >= 0.6 is 0 Å². The molecule has 0 saturated heterocycles. The van der Waals surface area contributed by atoms with Crippen molar-refractivity contribution in [3.63, 3.8) is 0 Å². The quantitative estimate of drug-likeness (QED) is 0.827. The van der Waals surface area contributed by atoms with Crippen molar-refractivity contribution in [2.75, 3.05) is 26.3 Å². The number of nitrogens with zero attached hydrogens (tertiary/aromatic N) is 3. The van der Waals surface area contributed by atoms with E-state index in [4.69, 9.17) is 10.2 Å². The minimum Gasteiger partial charge on any atom is -0.395 e. The molecule has 0 aliphatic rings. The molecule has 0 aliphatic heterocycles. The molecule has 124 valence electrons. The average molecular weight is 325 g/mol. The Labute approximate surface area is 131 Å². The van der Waals surface area contributed by atoms with Crippen LogP contribution in [0, 0.1) is 18.6 Å². The lowest BCUT2D eigenvalue weighted by Crippen LogP contribution is -2.36. The number of carbonyl (C=O) groups excluding carboxylic acids is 1. The van der Waals surface area contributed by atoms with Gasteiger partial charge < -0.3 is 15.1 Å². The summed E-state index contributed by atoms with van der Waals surface area (Å²) >= 11 is 0. The molecule has 0 aliphatic carbocycles. The standard InChI is InChI=1S/C15H17F2N3O3/c1-10-8-13(15(23)19(4-6-21)5-7-22)18-20(10)14-3-2-11(16)9-12(14)17/h2-3,8-9,21-22H,4-7H2,1H3. The van der Waals surface area contributed by atoms with E-state index < -0.39 is 17.5 Å². The van der Waals surface area contributed by atoms with Gasteiger partial charge in [-0.3, -0.25) is 4.79 Å². The Kier molecular flexibility index (Phi) is 5.41.